The Hall–Kier alpha value is -1.25. The second-order valence-corrected chi connectivity index (χ2v) is 5.37. The molecule has 86 valence electrons. The van der Waals surface area contributed by atoms with Crippen LogP contribution >= 0.6 is 23.2 Å². The summed E-state index contributed by atoms with van der Waals surface area (Å²) >= 11 is 12.7. The van der Waals surface area contributed by atoms with Crippen molar-refractivity contribution in [1.82, 2.24) is 0 Å². The van der Waals surface area contributed by atoms with Gasteiger partial charge in [0.05, 0.1) is 0 Å². The van der Waals surface area contributed by atoms with Gasteiger partial charge in [-0.1, -0.05) is 47.5 Å². The Kier molecular flexibility index (Phi) is 2.32. The molecule has 2 nitrogen and oxygen atoms in total. The fraction of sp³-hybridized carbons (Fsp3) is 0.154. The minimum Gasteiger partial charge on any atom is -0.460 e. The van der Waals surface area contributed by atoms with Crippen molar-refractivity contribution in [2.24, 2.45) is 5.92 Å². The second-order valence-electron chi connectivity index (χ2n) is 3.98. The number of carbonyl (C=O) groups excluding carboxylic acids is 1. The molecular formula is C13H8Cl2O2. The van der Waals surface area contributed by atoms with E-state index in [2.05, 4.69) is 0 Å². The van der Waals surface area contributed by atoms with Gasteiger partial charge < -0.3 is 4.74 Å². The lowest BCUT2D eigenvalue weighted by Crippen LogP contribution is -2.38. The monoisotopic (exact) mass is 266 g/mol. The number of rotatable bonds is 0. The molecular weight excluding hydrogens is 259 g/mol. The molecule has 0 aromatic heterocycles. The van der Waals surface area contributed by atoms with Crippen LogP contribution in [0.4, 0.5) is 0 Å². The Morgan fingerprint density at radius 1 is 1.24 bits per heavy atom. The van der Waals surface area contributed by atoms with Crippen LogP contribution in [0.5, 0.6) is 5.75 Å². The van der Waals surface area contributed by atoms with Crippen LogP contribution in [0.2, 0.25) is 0 Å². The smallest absolute Gasteiger partial charge is 0.169 e. The van der Waals surface area contributed by atoms with E-state index < -0.39 is 10.3 Å². The number of benzene rings is 1. The summed E-state index contributed by atoms with van der Waals surface area (Å²) in [6.45, 7) is 0. The molecule has 1 unspecified atom stereocenters. The first-order chi connectivity index (χ1) is 8.10. The number of hydrogen-bond acceptors (Lipinski definition) is 2. The molecule has 0 saturated heterocycles. The summed E-state index contributed by atoms with van der Waals surface area (Å²) < 4.78 is 4.39. The average Bonchev–Trinajstić information content (AvgIpc) is 2.28. The molecule has 1 heterocycles. The topological polar surface area (TPSA) is 26.3 Å². The molecule has 1 atom stereocenters. The van der Waals surface area contributed by atoms with Gasteiger partial charge in [-0.25, -0.2) is 0 Å². The number of fused-ring (bicyclic) bond motifs is 2. The van der Waals surface area contributed by atoms with Gasteiger partial charge in [-0.15, -0.1) is 0 Å². The zero-order valence-electron chi connectivity index (χ0n) is 8.69. The summed E-state index contributed by atoms with van der Waals surface area (Å²) in [4.78, 5) is 11.9. The summed E-state index contributed by atoms with van der Waals surface area (Å²) in [5, 5.41) is 0. The number of hydrogen-bond donors (Lipinski definition) is 0. The molecule has 0 amide bonds. The van der Waals surface area contributed by atoms with E-state index in [0.29, 0.717) is 17.1 Å². The van der Waals surface area contributed by atoms with E-state index in [0.717, 1.165) is 0 Å². The van der Waals surface area contributed by atoms with Gasteiger partial charge in [0.1, 0.15) is 17.4 Å². The molecule has 1 aliphatic heterocycles. The van der Waals surface area contributed by atoms with E-state index in [1.165, 1.54) is 6.08 Å². The quantitative estimate of drug-likeness (QED) is 0.674. The Morgan fingerprint density at radius 3 is 2.82 bits per heavy atom. The maximum absolute atomic E-state index is 11.9. The van der Waals surface area contributed by atoms with Crippen LogP contribution in [0.1, 0.15) is 5.56 Å². The molecule has 0 saturated carbocycles. The van der Waals surface area contributed by atoms with Crippen LogP contribution in [-0.2, 0) is 9.13 Å². The zero-order chi connectivity index (χ0) is 12.0. The molecule has 0 bridgehead atoms. The first kappa shape index (κ1) is 10.9. The largest absolute Gasteiger partial charge is 0.460 e. The third-order valence-electron chi connectivity index (χ3n) is 2.93. The number of halogens is 2. The van der Waals surface area contributed by atoms with Gasteiger partial charge in [-0.3, -0.25) is 4.79 Å². The third-order valence-corrected chi connectivity index (χ3v) is 3.77. The van der Waals surface area contributed by atoms with Crippen molar-refractivity contribution in [1.29, 1.82) is 0 Å². The number of allylic oxidation sites excluding steroid dienone is 4. The Labute approximate surface area is 108 Å². The van der Waals surface area contributed by atoms with Crippen LogP contribution < -0.4 is 4.74 Å². The Bertz CT molecular complexity index is 558. The Balaban J connectivity index is 2.22. The van der Waals surface area contributed by atoms with E-state index in [9.17, 15) is 4.79 Å². The minimum atomic E-state index is -1.28. The molecule has 0 fully saturated rings. The lowest BCUT2D eigenvalue weighted by atomic mass is 9.86. The summed E-state index contributed by atoms with van der Waals surface area (Å²) in [5.41, 5.74) is 0.633. The molecule has 3 rings (SSSR count). The molecule has 0 radical (unpaired) electrons. The van der Waals surface area contributed by atoms with E-state index in [4.69, 9.17) is 27.9 Å². The SMILES string of the molecule is O=C1C=CC=C2Oc3ccccc3C(Cl)(Cl)C12. The highest BCUT2D eigenvalue weighted by molar-refractivity contribution is 6.50. The normalized spacial score (nSPS) is 24.5. The molecule has 1 aromatic carbocycles. The molecule has 4 heteroatoms. The molecule has 1 aliphatic carbocycles. The first-order valence-corrected chi connectivity index (χ1v) is 5.93. The number of carbonyl (C=O) groups is 1. The molecule has 0 spiro atoms. The number of ether oxygens (including phenoxy) is 1. The van der Waals surface area contributed by atoms with E-state index in [1.54, 1.807) is 24.3 Å². The predicted molar refractivity (Wildman–Crippen MR) is 66.2 cm³/mol. The van der Waals surface area contributed by atoms with Crippen LogP contribution in [0.25, 0.3) is 0 Å². The summed E-state index contributed by atoms with van der Waals surface area (Å²) in [7, 11) is 0. The van der Waals surface area contributed by atoms with Crippen LogP contribution in [0.3, 0.4) is 0 Å². The van der Waals surface area contributed by atoms with Crippen molar-refractivity contribution in [2.75, 3.05) is 0 Å². The maximum atomic E-state index is 11.9. The second kappa shape index (κ2) is 3.62. The summed E-state index contributed by atoms with van der Waals surface area (Å²) in [6.07, 6.45) is 4.83. The summed E-state index contributed by atoms with van der Waals surface area (Å²) in [5.74, 6) is 0.303. The number of ketones is 1. The van der Waals surface area contributed by atoms with Crippen molar-refractivity contribution < 1.29 is 9.53 Å². The van der Waals surface area contributed by atoms with Crippen LogP contribution in [0.15, 0.2) is 48.3 Å². The van der Waals surface area contributed by atoms with Crippen molar-refractivity contribution >= 4 is 29.0 Å². The van der Waals surface area contributed by atoms with Crippen molar-refractivity contribution in [3.05, 3.63) is 53.8 Å². The van der Waals surface area contributed by atoms with E-state index in [-0.39, 0.29) is 5.78 Å². The standard InChI is InChI=1S/C13H8Cl2O2/c14-13(15)8-4-1-2-6-10(8)17-11-7-3-5-9(16)12(11)13/h1-7,12H. The highest BCUT2D eigenvalue weighted by atomic mass is 35.5. The van der Waals surface area contributed by atoms with Gasteiger partial charge in [0, 0.05) is 5.56 Å². The van der Waals surface area contributed by atoms with Crippen molar-refractivity contribution in [3.8, 4) is 5.75 Å². The first-order valence-electron chi connectivity index (χ1n) is 5.18. The fourth-order valence-corrected chi connectivity index (χ4v) is 2.88. The average molecular weight is 267 g/mol. The van der Waals surface area contributed by atoms with Crippen LogP contribution in [-0.4, -0.2) is 5.78 Å². The number of alkyl halides is 2. The molecule has 17 heavy (non-hydrogen) atoms. The summed E-state index contributed by atoms with van der Waals surface area (Å²) in [6, 6.07) is 7.22. The van der Waals surface area contributed by atoms with Crippen LogP contribution in [0, 0.1) is 5.92 Å². The number of para-hydroxylation sites is 1. The van der Waals surface area contributed by atoms with Gasteiger partial charge >= 0.3 is 0 Å². The highest BCUT2D eigenvalue weighted by Crippen LogP contribution is 2.53. The van der Waals surface area contributed by atoms with Gasteiger partial charge in [0.2, 0.25) is 0 Å². The minimum absolute atomic E-state index is 0.137. The maximum Gasteiger partial charge on any atom is 0.169 e. The van der Waals surface area contributed by atoms with E-state index in [1.807, 2.05) is 12.1 Å². The molecule has 0 N–H and O–H groups in total. The molecule has 2 aliphatic rings. The zero-order valence-corrected chi connectivity index (χ0v) is 10.2. The highest BCUT2D eigenvalue weighted by Gasteiger charge is 2.49. The van der Waals surface area contributed by atoms with Crippen molar-refractivity contribution in [2.45, 2.75) is 4.33 Å². The van der Waals surface area contributed by atoms with Gasteiger partial charge in [-0.2, -0.15) is 0 Å². The Morgan fingerprint density at radius 2 is 2.00 bits per heavy atom. The van der Waals surface area contributed by atoms with Gasteiger partial charge in [0.25, 0.3) is 0 Å². The lowest BCUT2D eigenvalue weighted by molar-refractivity contribution is -0.118. The third kappa shape index (κ3) is 1.52. The lowest BCUT2D eigenvalue weighted by Gasteiger charge is -2.36. The van der Waals surface area contributed by atoms with Crippen molar-refractivity contribution in [3.63, 3.8) is 0 Å². The predicted octanol–water partition coefficient (Wildman–Crippen LogP) is 3.35. The van der Waals surface area contributed by atoms with Gasteiger partial charge in [-0.05, 0) is 18.2 Å². The fourth-order valence-electron chi connectivity index (χ4n) is 2.13. The van der Waals surface area contributed by atoms with Gasteiger partial charge in [0.15, 0.2) is 10.1 Å². The molecule has 1 aromatic rings. The van der Waals surface area contributed by atoms with E-state index >= 15 is 0 Å².